The van der Waals surface area contributed by atoms with Crippen molar-refractivity contribution < 1.29 is 0 Å². The molecule has 14 heavy (non-hydrogen) atoms. The van der Waals surface area contributed by atoms with E-state index in [9.17, 15) is 0 Å². The number of thiophene rings is 1. The molecule has 1 heterocycles. The highest BCUT2D eigenvalue weighted by atomic mass is 32.1. The van der Waals surface area contributed by atoms with Crippen LogP contribution in [0.1, 0.15) is 30.7 Å². The second-order valence-corrected chi connectivity index (χ2v) is 5.00. The van der Waals surface area contributed by atoms with E-state index in [1.165, 1.54) is 23.3 Å². The Morgan fingerprint density at radius 1 is 1.50 bits per heavy atom. The van der Waals surface area contributed by atoms with E-state index < -0.39 is 0 Å². The van der Waals surface area contributed by atoms with E-state index in [1.807, 2.05) is 11.3 Å². The zero-order valence-electron chi connectivity index (χ0n) is 9.47. The molecule has 0 radical (unpaired) electrons. The zero-order valence-corrected chi connectivity index (χ0v) is 10.3. The average molecular weight is 211 g/mol. The lowest BCUT2D eigenvalue weighted by atomic mass is 10.1. The summed E-state index contributed by atoms with van der Waals surface area (Å²) in [6, 6.07) is 2.20. The van der Waals surface area contributed by atoms with Gasteiger partial charge in [-0.05, 0) is 49.4 Å². The van der Waals surface area contributed by atoms with Gasteiger partial charge in [0.15, 0.2) is 0 Å². The predicted octanol–water partition coefficient (Wildman–Crippen LogP) is 3.23. The van der Waals surface area contributed by atoms with Gasteiger partial charge in [0.1, 0.15) is 0 Å². The lowest BCUT2D eigenvalue weighted by Crippen LogP contribution is -2.23. The molecule has 0 aliphatic rings. The lowest BCUT2D eigenvalue weighted by Gasteiger charge is -2.09. The molecule has 0 aliphatic heterocycles. The van der Waals surface area contributed by atoms with Crippen LogP contribution < -0.4 is 5.32 Å². The van der Waals surface area contributed by atoms with Crippen LogP contribution in [0, 0.1) is 12.8 Å². The van der Waals surface area contributed by atoms with Crippen molar-refractivity contribution in [3.05, 3.63) is 21.9 Å². The molecule has 0 spiro atoms. The molecule has 80 valence electrons. The fourth-order valence-electron chi connectivity index (χ4n) is 1.35. The summed E-state index contributed by atoms with van der Waals surface area (Å²) in [5.74, 6) is 0.805. The first-order valence-electron chi connectivity index (χ1n) is 5.47. The Morgan fingerprint density at radius 2 is 2.29 bits per heavy atom. The highest BCUT2D eigenvalue weighted by molar-refractivity contribution is 7.10. The van der Waals surface area contributed by atoms with Crippen LogP contribution in [0.4, 0.5) is 0 Å². The maximum atomic E-state index is 3.51. The van der Waals surface area contributed by atoms with Crippen LogP contribution in [-0.4, -0.2) is 13.1 Å². The Hall–Kier alpha value is -0.340. The zero-order chi connectivity index (χ0) is 10.4. The van der Waals surface area contributed by atoms with Crippen molar-refractivity contribution in [3.63, 3.8) is 0 Å². The minimum Gasteiger partial charge on any atom is -0.316 e. The van der Waals surface area contributed by atoms with Gasteiger partial charge in [0.2, 0.25) is 0 Å². The van der Waals surface area contributed by atoms with E-state index in [4.69, 9.17) is 0 Å². The van der Waals surface area contributed by atoms with Gasteiger partial charge in [0.25, 0.3) is 0 Å². The smallest absolute Gasteiger partial charge is 0.00870 e. The van der Waals surface area contributed by atoms with Crippen LogP contribution in [-0.2, 0) is 6.42 Å². The highest BCUT2D eigenvalue weighted by Crippen LogP contribution is 2.15. The van der Waals surface area contributed by atoms with E-state index >= 15 is 0 Å². The second-order valence-electron chi connectivity index (χ2n) is 3.99. The van der Waals surface area contributed by atoms with Crippen molar-refractivity contribution in [1.82, 2.24) is 5.32 Å². The van der Waals surface area contributed by atoms with Crippen molar-refractivity contribution in [3.8, 4) is 0 Å². The summed E-state index contributed by atoms with van der Waals surface area (Å²) in [4.78, 5) is 1.53. The van der Waals surface area contributed by atoms with Gasteiger partial charge in [-0.2, -0.15) is 0 Å². The van der Waals surface area contributed by atoms with Gasteiger partial charge in [-0.1, -0.05) is 20.3 Å². The molecule has 1 nitrogen and oxygen atoms in total. The molecule has 1 N–H and O–H groups in total. The molecule has 1 aromatic rings. The third-order valence-electron chi connectivity index (χ3n) is 2.69. The summed E-state index contributed by atoms with van der Waals surface area (Å²) in [5, 5.41) is 5.69. The van der Waals surface area contributed by atoms with Gasteiger partial charge in [0, 0.05) is 4.88 Å². The van der Waals surface area contributed by atoms with Crippen molar-refractivity contribution in [2.45, 2.75) is 33.6 Å². The molecule has 0 aliphatic carbocycles. The van der Waals surface area contributed by atoms with Crippen molar-refractivity contribution in [1.29, 1.82) is 0 Å². The topological polar surface area (TPSA) is 12.0 Å². The molecule has 0 aromatic carbocycles. The van der Waals surface area contributed by atoms with Crippen LogP contribution in [0.3, 0.4) is 0 Å². The summed E-state index contributed by atoms with van der Waals surface area (Å²) >= 11 is 1.87. The maximum absolute atomic E-state index is 3.51. The minimum atomic E-state index is 0.805. The number of hydrogen-bond acceptors (Lipinski definition) is 2. The van der Waals surface area contributed by atoms with Crippen molar-refractivity contribution in [2.75, 3.05) is 13.1 Å². The van der Waals surface area contributed by atoms with E-state index in [1.54, 1.807) is 0 Å². The van der Waals surface area contributed by atoms with E-state index in [0.717, 1.165) is 19.0 Å². The first-order valence-corrected chi connectivity index (χ1v) is 6.35. The van der Waals surface area contributed by atoms with Crippen LogP contribution in [0.15, 0.2) is 11.4 Å². The molecule has 0 bridgehead atoms. The number of aryl methyl sites for hydroxylation is 1. The third-order valence-corrected chi connectivity index (χ3v) is 3.77. The van der Waals surface area contributed by atoms with Crippen molar-refractivity contribution >= 4 is 11.3 Å². The van der Waals surface area contributed by atoms with E-state index in [2.05, 4.69) is 37.5 Å². The molecule has 0 saturated heterocycles. The van der Waals surface area contributed by atoms with E-state index in [-0.39, 0.29) is 0 Å². The first kappa shape index (κ1) is 11.7. The Morgan fingerprint density at radius 3 is 2.86 bits per heavy atom. The van der Waals surface area contributed by atoms with Crippen LogP contribution in [0.5, 0.6) is 0 Å². The van der Waals surface area contributed by atoms with Gasteiger partial charge in [-0.3, -0.25) is 0 Å². The quantitative estimate of drug-likeness (QED) is 0.712. The summed E-state index contributed by atoms with van der Waals surface area (Å²) in [6.07, 6.45) is 2.45. The molecule has 1 atom stereocenters. The standard InChI is InChI=1S/C12H21NS/c1-4-10(2)9-13-7-5-12-11(3)6-8-14-12/h6,8,10,13H,4-5,7,9H2,1-3H3. The Labute approximate surface area is 91.5 Å². The minimum absolute atomic E-state index is 0.805. The number of nitrogens with one attached hydrogen (secondary N) is 1. The molecule has 1 rings (SSSR count). The number of hydrogen-bond donors (Lipinski definition) is 1. The van der Waals surface area contributed by atoms with Crippen LogP contribution in [0.2, 0.25) is 0 Å². The van der Waals surface area contributed by atoms with Crippen molar-refractivity contribution in [2.24, 2.45) is 5.92 Å². The summed E-state index contributed by atoms with van der Waals surface area (Å²) in [5.41, 5.74) is 1.44. The highest BCUT2D eigenvalue weighted by Gasteiger charge is 2.00. The molecule has 2 heteroatoms. The third kappa shape index (κ3) is 3.81. The van der Waals surface area contributed by atoms with Gasteiger partial charge in [-0.15, -0.1) is 11.3 Å². The van der Waals surface area contributed by atoms with Gasteiger partial charge in [0.05, 0.1) is 0 Å². The van der Waals surface area contributed by atoms with Crippen LogP contribution in [0.25, 0.3) is 0 Å². The second kappa shape index (κ2) is 6.20. The molecule has 1 unspecified atom stereocenters. The van der Waals surface area contributed by atoms with Gasteiger partial charge < -0.3 is 5.32 Å². The molecule has 0 fully saturated rings. The maximum Gasteiger partial charge on any atom is 0.00870 e. The first-order chi connectivity index (χ1) is 6.74. The number of rotatable bonds is 6. The molecular formula is C12H21NS. The van der Waals surface area contributed by atoms with Gasteiger partial charge in [-0.25, -0.2) is 0 Å². The SMILES string of the molecule is CCC(C)CNCCc1sccc1C. The largest absolute Gasteiger partial charge is 0.316 e. The molecule has 1 aromatic heterocycles. The lowest BCUT2D eigenvalue weighted by molar-refractivity contribution is 0.503. The fourth-order valence-corrected chi connectivity index (χ4v) is 2.27. The predicted molar refractivity (Wildman–Crippen MR) is 65.1 cm³/mol. The normalized spacial score (nSPS) is 13.1. The Bertz CT molecular complexity index is 255. The summed E-state index contributed by atoms with van der Waals surface area (Å²) < 4.78 is 0. The van der Waals surface area contributed by atoms with Crippen LogP contribution >= 0.6 is 11.3 Å². The Balaban J connectivity index is 2.13. The van der Waals surface area contributed by atoms with E-state index in [0.29, 0.717) is 0 Å². The molecule has 0 saturated carbocycles. The van der Waals surface area contributed by atoms with Gasteiger partial charge >= 0.3 is 0 Å². The molecule has 0 amide bonds. The fraction of sp³-hybridized carbons (Fsp3) is 0.667. The average Bonchev–Trinajstić information content (AvgIpc) is 2.58. The summed E-state index contributed by atoms with van der Waals surface area (Å²) in [7, 11) is 0. The molecular weight excluding hydrogens is 190 g/mol. The Kier molecular flexibility index (Phi) is 5.20. The monoisotopic (exact) mass is 211 g/mol. The summed E-state index contributed by atoms with van der Waals surface area (Å²) in [6.45, 7) is 9.01.